The van der Waals surface area contributed by atoms with Crippen LogP contribution in [0.5, 0.6) is 0 Å². The number of aryl methyl sites for hydroxylation is 1. The van der Waals surface area contributed by atoms with Crippen molar-refractivity contribution in [2.75, 3.05) is 36.4 Å². The topological polar surface area (TPSA) is 53.1 Å². The molecule has 1 saturated heterocycles. The smallest absolute Gasteiger partial charge is 0.384 e. The second-order valence-corrected chi connectivity index (χ2v) is 9.50. The lowest BCUT2D eigenvalue weighted by molar-refractivity contribution is -0.133. The minimum atomic E-state index is -4.13. The molecular weight excluding hydrogens is 415 g/mol. The number of benzene rings is 1. The van der Waals surface area contributed by atoms with Crippen molar-refractivity contribution in [1.82, 2.24) is 15.3 Å². The highest BCUT2D eigenvalue weighted by molar-refractivity contribution is 5.64. The van der Waals surface area contributed by atoms with Crippen molar-refractivity contribution in [3.8, 4) is 0 Å². The van der Waals surface area contributed by atoms with Crippen LogP contribution in [0.25, 0.3) is 0 Å². The molecule has 0 amide bonds. The molecule has 0 bridgehead atoms. The highest BCUT2D eigenvalue weighted by Gasteiger charge is 2.43. The van der Waals surface area contributed by atoms with E-state index in [-0.39, 0.29) is 12.0 Å². The van der Waals surface area contributed by atoms with Crippen LogP contribution in [-0.4, -0.2) is 42.3 Å². The predicted octanol–water partition coefficient (Wildman–Crippen LogP) is 4.53. The Hall–Kier alpha value is -2.35. The number of hydrogen-bond acceptors (Lipinski definition) is 5. The summed E-state index contributed by atoms with van der Waals surface area (Å²) in [5.41, 5.74) is 6.08. The number of aromatic nitrogens is 2. The molecule has 0 radical (unpaired) electrons. The maximum Gasteiger partial charge on any atom is 0.390 e. The first-order valence-electron chi connectivity index (χ1n) is 11.6. The molecule has 1 aromatic heterocycles. The van der Waals surface area contributed by atoms with E-state index in [1.54, 1.807) is 6.33 Å². The zero-order chi connectivity index (χ0) is 22.3. The third-order valence-corrected chi connectivity index (χ3v) is 7.47. The Morgan fingerprint density at radius 3 is 2.81 bits per heavy atom. The van der Waals surface area contributed by atoms with E-state index >= 15 is 0 Å². The Labute approximate surface area is 186 Å². The van der Waals surface area contributed by atoms with Crippen LogP contribution in [0, 0.1) is 0 Å². The normalized spacial score (nSPS) is 21.5. The van der Waals surface area contributed by atoms with Gasteiger partial charge >= 0.3 is 6.18 Å². The molecule has 1 spiro atoms. The van der Waals surface area contributed by atoms with Crippen LogP contribution >= 0.6 is 0 Å². The number of fused-ring (bicyclic) bond motifs is 3. The van der Waals surface area contributed by atoms with Gasteiger partial charge in [0.15, 0.2) is 0 Å². The molecule has 1 aromatic carbocycles. The van der Waals surface area contributed by atoms with E-state index in [0.717, 1.165) is 62.4 Å². The lowest BCUT2D eigenvalue weighted by Gasteiger charge is -2.41. The molecule has 1 fully saturated rings. The Bertz CT molecular complexity index is 982. The van der Waals surface area contributed by atoms with Gasteiger partial charge in [0.2, 0.25) is 0 Å². The standard InChI is InChI=1S/C24H30F3N5/c1-16-5-6-18-20(16)22(31-15-30-18)32-11-8-23(9-12-32)14-29-19-4-2-3-17(21(19)23)13-28-10-7-24(25,26)27/h2-4,15-16,28-29H,5-14H2,1H3. The molecule has 0 saturated carbocycles. The van der Waals surface area contributed by atoms with Gasteiger partial charge in [0.1, 0.15) is 12.1 Å². The van der Waals surface area contributed by atoms with Gasteiger partial charge in [-0.05, 0) is 48.8 Å². The van der Waals surface area contributed by atoms with Crippen LogP contribution < -0.4 is 15.5 Å². The third kappa shape index (κ3) is 3.93. The summed E-state index contributed by atoms with van der Waals surface area (Å²) in [5.74, 6) is 1.60. The second-order valence-electron chi connectivity index (χ2n) is 9.50. The van der Waals surface area contributed by atoms with Crippen LogP contribution in [-0.2, 0) is 18.4 Å². The lowest BCUT2D eigenvalue weighted by Crippen LogP contribution is -2.45. The van der Waals surface area contributed by atoms with Crippen molar-refractivity contribution in [2.45, 2.75) is 63.1 Å². The van der Waals surface area contributed by atoms with Gasteiger partial charge in [-0.1, -0.05) is 19.1 Å². The van der Waals surface area contributed by atoms with E-state index in [1.807, 2.05) is 6.07 Å². The summed E-state index contributed by atoms with van der Waals surface area (Å²) < 4.78 is 37.5. The minimum absolute atomic E-state index is 0.0238. The van der Waals surface area contributed by atoms with Crippen molar-refractivity contribution in [2.24, 2.45) is 0 Å². The molecule has 1 atom stereocenters. The Morgan fingerprint density at radius 2 is 2.03 bits per heavy atom. The number of nitrogens with one attached hydrogen (secondary N) is 2. The molecular formula is C24H30F3N5. The van der Waals surface area contributed by atoms with Gasteiger partial charge in [-0.25, -0.2) is 9.97 Å². The molecule has 172 valence electrons. The van der Waals surface area contributed by atoms with Crippen molar-refractivity contribution in [1.29, 1.82) is 0 Å². The Balaban J connectivity index is 1.32. The highest BCUT2D eigenvalue weighted by Crippen LogP contribution is 2.47. The van der Waals surface area contributed by atoms with Crippen LogP contribution in [0.1, 0.15) is 60.9 Å². The van der Waals surface area contributed by atoms with Crippen LogP contribution in [0.4, 0.5) is 24.7 Å². The lowest BCUT2D eigenvalue weighted by atomic mass is 9.72. The SMILES string of the molecule is CC1CCc2ncnc(N3CCC4(CC3)CNc3cccc(CNCCC(F)(F)F)c34)c21. The average Bonchev–Trinajstić information content (AvgIpc) is 3.33. The summed E-state index contributed by atoms with van der Waals surface area (Å²) in [6, 6.07) is 6.14. The van der Waals surface area contributed by atoms with E-state index in [1.165, 1.54) is 16.8 Å². The minimum Gasteiger partial charge on any atom is -0.384 e. The second kappa shape index (κ2) is 8.21. The van der Waals surface area contributed by atoms with E-state index < -0.39 is 12.6 Å². The van der Waals surface area contributed by atoms with Gasteiger partial charge in [-0.3, -0.25) is 0 Å². The number of anilines is 2. The maximum atomic E-state index is 12.5. The number of alkyl halides is 3. The molecule has 2 aliphatic heterocycles. The third-order valence-electron chi connectivity index (χ3n) is 7.47. The monoisotopic (exact) mass is 445 g/mol. The van der Waals surface area contributed by atoms with Gasteiger partial charge in [-0.15, -0.1) is 0 Å². The molecule has 5 rings (SSSR count). The Kier molecular flexibility index (Phi) is 5.51. The van der Waals surface area contributed by atoms with Crippen molar-refractivity contribution < 1.29 is 13.2 Å². The molecule has 3 heterocycles. The van der Waals surface area contributed by atoms with Crippen molar-refractivity contribution >= 4 is 11.5 Å². The average molecular weight is 446 g/mol. The number of halogens is 3. The van der Waals surface area contributed by atoms with Crippen LogP contribution in [0.3, 0.4) is 0 Å². The first-order chi connectivity index (χ1) is 15.4. The van der Waals surface area contributed by atoms with E-state index in [0.29, 0.717) is 12.5 Å². The predicted molar refractivity (Wildman–Crippen MR) is 119 cm³/mol. The van der Waals surface area contributed by atoms with Crippen molar-refractivity contribution in [3.05, 3.63) is 46.9 Å². The molecule has 2 aromatic rings. The van der Waals surface area contributed by atoms with Gasteiger partial charge < -0.3 is 15.5 Å². The summed E-state index contributed by atoms with van der Waals surface area (Å²) in [6.45, 7) is 5.40. The molecule has 1 unspecified atom stereocenters. The number of rotatable bonds is 5. The number of piperidine rings is 1. The van der Waals surface area contributed by atoms with E-state index in [4.69, 9.17) is 0 Å². The molecule has 2 N–H and O–H groups in total. The Morgan fingerprint density at radius 1 is 1.22 bits per heavy atom. The zero-order valence-electron chi connectivity index (χ0n) is 18.4. The molecule has 3 aliphatic rings. The van der Waals surface area contributed by atoms with Crippen LogP contribution in [0.2, 0.25) is 0 Å². The molecule has 32 heavy (non-hydrogen) atoms. The van der Waals surface area contributed by atoms with E-state index in [2.05, 4.69) is 44.6 Å². The quantitative estimate of drug-likeness (QED) is 0.663. The van der Waals surface area contributed by atoms with E-state index in [9.17, 15) is 13.2 Å². The first kappa shape index (κ1) is 21.5. The summed E-state index contributed by atoms with van der Waals surface area (Å²) in [7, 11) is 0. The van der Waals surface area contributed by atoms with Gasteiger partial charge in [-0.2, -0.15) is 13.2 Å². The summed E-state index contributed by atoms with van der Waals surface area (Å²) in [4.78, 5) is 11.6. The summed E-state index contributed by atoms with van der Waals surface area (Å²) >= 11 is 0. The number of hydrogen-bond donors (Lipinski definition) is 2. The summed E-state index contributed by atoms with van der Waals surface area (Å²) in [5, 5.41) is 6.57. The number of nitrogens with zero attached hydrogens (tertiary/aromatic N) is 3. The first-order valence-corrected chi connectivity index (χ1v) is 11.6. The fraction of sp³-hybridized carbons (Fsp3) is 0.583. The molecule has 5 nitrogen and oxygen atoms in total. The fourth-order valence-corrected chi connectivity index (χ4v) is 5.78. The van der Waals surface area contributed by atoms with Crippen LogP contribution in [0.15, 0.2) is 24.5 Å². The zero-order valence-corrected chi connectivity index (χ0v) is 18.4. The van der Waals surface area contributed by atoms with Gasteiger partial charge in [0.05, 0.1) is 6.42 Å². The van der Waals surface area contributed by atoms with Gasteiger partial charge in [0.25, 0.3) is 0 Å². The largest absolute Gasteiger partial charge is 0.390 e. The van der Waals surface area contributed by atoms with Crippen molar-refractivity contribution in [3.63, 3.8) is 0 Å². The molecule has 1 aliphatic carbocycles. The molecule has 8 heteroatoms. The maximum absolute atomic E-state index is 12.5. The summed E-state index contributed by atoms with van der Waals surface area (Å²) in [6.07, 6.45) is 0.946. The fourth-order valence-electron chi connectivity index (χ4n) is 5.78. The van der Waals surface area contributed by atoms with Gasteiger partial charge in [0, 0.05) is 55.1 Å². The highest BCUT2D eigenvalue weighted by atomic mass is 19.4.